The third-order valence-corrected chi connectivity index (χ3v) is 1.82. The van der Waals surface area contributed by atoms with Crippen LogP contribution in [0.1, 0.15) is 0 Å². The minimum Gasteiger partial charge on any atom is -0.394 e. The minimum atomic E-state index is -2.96. The Labute approximate surface area is 79.4 Å². The van der Waals surface area contributed by atoms with Gasteiger partial charge in [0.2, 0.25) is 5.72 Å². The van der Waals surface area contributed by atoms with Crippen molar-refractivity contribution in [1.82, 2.24) is 0 Å². The van der Waals surface area contributed by atoms with Gasteiger partial charge in [-0.05, 0) is 0 Å². The fraction of sp³-hybridized carbons (Fsp3) is 0.833. The van der Waals surface area contributed by atoms with Crippen LogP contribution < -0.4 is 11.5 Å². The van der Waals surface area contributed by atoms with Crippen molar-refractivity contribution >= 4 is 6.29 Å². The molecule has 9 N–H and O–H groups in total. The van der Waals surface area contributed by atoms with Crippen LogP contribution in [-0.2, 0) is 4.79 Å². The second-order valence-electron chi connectivity index (χ2n) is 2.96. The highest BCUT2D eigenvalue weighted by Gasteiger charge is 2.51. The van der Waals surface area contributed by atoms with Crippen molar-refractivity contribution in [2.24, 2.45) is 11.5 Å². The maximum absolute atomic E-state index is 10.2. The third kappa shape index (κ3) is 2.25. The van der Waals surface area contributed by atoms with Crippen molar-refractivity contribution in [3.8, 4) is 0 Å². The number of hydrogen-bond acceptors (Lipinski definition) is 8. The van der Waals surface area contributed by atoms with Gasteiger partial charge < -0.3 is 25.5 Å². The maximum Gasteiger partial charge on any atom is 0.216 e. The molecule has 0 saturated carbocycles. The molecule has 0 saturated heterocycles. The Kier molecular flexibility index (Phi) is 4.09. The maximum atomic E-state index is 10.2. The quantitative estimate of drug-likeness (QED) is 0.175. The first-order valence-corrected chi connectivity index (χ1v) is 3.66. The molecule has 14 heavy (non-hydrogen) atoms. The van der Waals surface area contributed by atoms with Gasteiger partial charge in [-0.1, -0.05) is 0 Å². The van der Waals surface area contributed by atoms with E-state index >= 15 is 0 Å². The van der Waals surface area contributed by atoms with Crippen molar-refractivity contribution in [1.29, 1.82) is 0 Å². The predicted molar refractivity (Wildman–Crippen MR) is 43.4 cm³/mol. The van der Waals surface area contributed by atoms with E-state index in [0.717, 1.165) is 0 Å². The van der Waals surface area contributed by atoms with Crippen molar-refractivity contribution < 1.29 is 30.3 Å². The summed E-state index contributed by atoms with van der Waals surface area (Å²) >= 11 is 0. The standard InChI is InChI=1S/C6H14N2O6/c7-5(13,2-10)6(8,14)4(12)3(11)1-9/h2-4,9,11-14H,1,7-8H2/t3?,4?,5-,6-/m0/s1. The number of aliphatic hydroxyl groups is 5. The fourth-order valence-corrected chi connectivity index (χ4v) is 0.724. The molecule has 8 heteroatoms. The molecule has 0 heterocycles. The topological polar surface area (TPSA) is 170 Å². The Hall–Kier alpha value is -0.610. The lowest BCUT2D eigenvalue weighted by molar-refractivity contribution is -0.213. The molecule has 0 radical (unpaired) electrons. The van der Waals surface area contributed by atoms with Gasteiger partial charge in [0.25, 0.3) is 0 Å². The zero-order valence-electron chi connectivity index (χ0n) is 7.24. The van der Waals surface area contributed by atoms with Crippen LogP contribution in [0.2, 0.25) is 0 Å². The van der Waals surface area contributed by atoms with Crippen LogP contribution in [0.4, 0.5) is 0 Å². The molecule has 0 aromatic carbocycles. The molecule has 0 aliphatic rings. The average Bonchev–Trinajstić information content (AvgIpc) is 2.14. The SMILES string of the molecule is N[C@](O)(C=O)[C@@](N)(O)C(O)C(O)CO. The summed E-state index contributed by atoms with van der Waals surface area (Å²) in [5, 5.41) is 44.8. The van der Waals surface area contributed by atoms with Crippen LogP contribution >= 0.6 is 0 Å². The molecular weight excluding hydrogens is 196 g/mol. The first-order chi connectivity index (χ1) is 6.20. The third-order valence-electron chi connectivity index (χ3n) is 1.82. The summed E-state index contributed by atoms with van der Waals surface area (Å²) in [6.45, 7) is -0.921. The molecule has 0 fully saturated rings. The first kappa shape index (κ1) is 13.4. The van der Waals surface area contributed by atoms with Crippen LogP contribution in [0.5, 0.6) is 0 Å². The van der Waals surface area contributed by atoms with Gasteiger partial charge in [0.1, 0.15) is 12.2 Å². The molecule has 0 spiro atoms. The lowest BCUT2D eigenvalue weighted by atomic mass is 9.93. The summed E-state index contributed by atoms with van der Waals surface area (Å²) in [5.41, 5.74) is 3.91. The minimum absolute atomic E-state index is 0.291. The van der Waals surface area contributed by atoms with Crippen molar-refractivity contribution in [2.75, 3.05) is 6.61 Å². The fourth-order valence-electron chi connectivity index (χ4n) is 0.724. The highest BCUT2D eigenvalue weighted by atomic mass is 16.4. The molecule has 0 aromatic heterocycles. The van der Waals surface area contributed by atoms with Crippen molar-refractivity contribution in [3.63, 3.8) is 0 Å². The number of rotatable bonds is 5. The van der Waals surface area contributed by atoms with E-state index in [2.05, 4.69) is 0 Å². The van der Waals surface area contributed by atoms with Crippen LogP contribution in [0.15, 0.2) is 0 Å². The molecule has 0 aromatic rings. The molecule has 4 atom stereocenters. The van der Waals surface area contributed by atoms with Crippen molar-refractivity contribution in [3.05, 3.63) is 0 Å². The van der Waals surface area contributed by atoms with E-state index in [9.17, 15) is 9.90 Å². The van der Waals surface area contributed by atoms with Gasteiger partial charge in [-0.3, -0.25) is 16.3 Å². The number of carbonyl (C=O) groups is 1. The average molecular weight is 210 g/mol. The number of hydrogen-bond donors (Lipinski definition) is 7. The van der Waals surface area contributed by atoms with E-state index in [1.165, 1.54) is 0 Å². The van der Waals surface area contributed by atoms with Crippen LogP contribution in [0.25, 0.3) is 0 Å². The molecule has 0 aliphatic carbocycles. The summed E-state index contributed by atoms with van der Waals surface area (Å²) in [7, 11) is 0. The van der Waals surface area contributed by atoms with Crippen molar-refractivity contribution in [2.45, 2.75) is 23.7 Å². The zero-order chi connectivity index (χ0) is 11.6. The number of aldehydes is 1. The van der Waals surface area contributed by atoms with Gasteiger partial charge >= 0.3 is 0 Å². The predicted octanol–water partition coefficient (Wildman–Crippen LogP) is -4.81. The smallest absolute Gasteiger partial charge is 0.216 e. The molecular formula is C6H14N2O6. The largest absolute Gasteiger partial charge is 0.394 e. The van der Waals surface area contributed by atoms with Crippen LogP contribution in [0, 0.1) is 0 Å². The second-order valence-corrected chi connectivity index (χ2v) is 2.96. The second kappa shape index (κ2) is 4.28. The molecule has 0 amide bonds. The van der Waals surface area contributed by atoms with Gasteiger partial charge in [0, 0.05) is 0 Å². The molecule has 0 aliphatic heterocycles. The van der Waals surface area contributed by atoms with E-state index < -0.39 is 30.3 Å². The Bertz CT molecular complexity index is 206. The monoisotopic (exact) mass is 210 g/mol. The number of aliphatic hydroxyl groups excluding tert-OH is 3. The first-order valence-electron chi connectivity index (χ1n) is 3.66. The zero-order valence-corrected chi connectivity index (χ0v) is 7.24. The highest BCUT2D eigenvalue weighted by molar-refractivity contribution is 5.63. The molecule has 0 rings (SSSR count). The molecule has 0 bridgehead atoms. The van der Waals surface area contributed by atoms with E-state index in [1.54, 1.807) is 0 Å². The Morgan fingerprint density at radius 2 is 1.71 bits per heavy atom. The molecule has 8 nitrogen and oxygen atoms in total. The Balaban J connectivity index is 4.85. The Morgan fingerprint density at radius 1 is 1.29 bits per heavy atom. The van der Waals surface area contributed by atoms with E-state index in [-0.39, 0.29) is 6.29 Å². The molecule has 2 unspecified atom stereocenters. The van der Waals surface area contributed by atoms with Gasteiger partial charge in [0.05, 0.1) is 6.61 Å². The van der Waals surface area contributed by atoms with Gasteiger partial charge in [-0.2, -0.15) is 0 Å². The summed E-state index contributed by atoms with van der Waals surface area (Å²) in [6, 6.07) is 0. The highest BCUT2D eigenvalue weighted by Crippen LogP contribution is 2.16. The number of nitrogens with two attached hydrogens (primary N) is 2. The summed E-state index contributed by atoms with van der Waals surface area (Å²) < 4.78 is 0. The van der Waals surface area contributed by atoms with Gasteiger partial charge in [-0.25, -0.2) is 0 Å². The van der Waals surface area contributed by atoms with Gasteiger partial charge in [-0.15, -0.1) is 0 Å². The lowest BCUT2D eigenvalue weighted by Crippen LogP contribution is -2.74. The lowest BCUT2D eigenvalue weighted by Gasteiger charge is -2.38. The van der Waals surface area contributed by atoms with E-state index in [4.69, 9.17) is 31.9 Å². The Morgan fingerprint density at radius 3 is 2.00 bits per heavy atom. The summed E-state index contributed by atoms with van der Waals surface area (Å²) in [5.74, 6) is 0. The normalized spacial score (nSPS) is 24.5. The van der Waals surface area contributed by atoms with Gasteiger partial charge in [0.15, 0.2) is 12.0 Å². The summed E-state index contributed by atoms with van der Waals surface area (Å²) in [6.07, 6.45) is -4.30. The number of carbonyl (C=O) groups excluding carboxylic acids is 1. The summed E-state index contributed by atoms with van der Waals surface area (Å²) in [4.78, 5) is 10.2. The van der Waals surface area contributed by atoms with E-state index in [1.807, 2.05) is 0 Å². The van der Waals surface area contributed by atoms with E-state index in [0.29, 0.717) is 0 Å². The molecule has 84 valence electrons. The van der Waals surface area contributed by atoms with Crippen LogP contribution in [0.3, 0.4) is 0 Å². The van der Waals surface area contributed by atoms with Crippen LogP contribution in [-0.4, -0.2) is 62.1 Å².